The molecule has 2 amide bonds. The minimum absolute atomic E-state index is 0.205. The first-order valence-corrected chi connectivity index (χ1v) is 6.23. The summed E-state index contributed by atoms with van der Waals surface area (Å²) in [5.74, 6) is -0.741. The summed E-state index contributed by atoms with van der Waals surface area (Å²) in [6, 6.07) is 3.93. The summed E-state index contributed by atoms with van der Waals surface area (Å²) in [5, 5.41) is 11.6. The maximum Gasteiger partial charge on any atom is 0.407 e. The topological polar surface area (TPSA) is 99.6 Å². The minimum atomic E-state index is -1.12. The van der Waals surface area contributed by atoms with Crippen molar-refractivity contribution < 1.29 is 19.5 Å². The smallest absolute Gasteiger partial charge is 0.407 e. The van der Waals surface area contributed by atoms with Gasteiger partial charge in [0.25, 0.3) is 5.91 Å². The number of nitrogens with zero attached hydrogens (tertiary/aromatic N) is 2. The van der Waals surface area contributed by atoms with Crippen LogP contribution in [0.4, 0.5) is 4.79 Å². The van der Waals surface area contributed by atoms with Crippen molar-refractivity contribution in [2.24, 2.45) is 0 Å². The van der Waals surface area contributed by atoms with E-state index in [1.165, 1.54) is 6.20 Å². The van der Waals surface area contributed by atoms with E-state index in [2.05, 4.69) is 10.3 Å². The average Bonchev–Trinajstić information content (AvgIpc) is 2.43. The van der Waals surface area contributed by atoms with Gasteiger partial charge in [0.05, 0.1) is 12.6 Å². The monoisotopic (exact) mass is 277 g/mol. The van der Waals surface area contributed by atoms with Crippen LogP contribution in [-0.4, -0.2) is 51.4 Å². The van der Waals surface area contributed by atoms with Crippen LogP contribution in [0.15, 0.2) is 24.4 Å². The molecule has 7 heteroatoms. The fourth-order valence-corrected chi connectivity index (χ4v) is 2.16. The van der Waals surface area contributed by atoms with Gasteiger partial charge in [-0.2, -0.15) is 0 Å². The van der Waals surface area contributed by atoms with Crippen LogP contribution in [0.3, 0.4) is 0 Å². The van der Waals surface area contributed by atoms with E-state index in [0.717, 1.165) is 4.90 Å². The molecule has 1 fully saturated rings. The summed E-state index contributed by atoms with van der Waals surface area (Å²) in [7, 11) is 0. The zero-order valence-corrected chi connectivity index (χ0v) is 10.9. The Morgan fingerprint density at radius 2 is 2.20 bits per heavy atom. The van der Waals surface area contributed by atoms with Gasteiger partial charge in [-0.1, -0.05) is 6.07 Å². The van der Waals surface area contributed by atoms with Gasteiger partial charge in [-0.05, 0) is 25.5 Å². The maximum atomic E-state index is 11.9. The number of piperidine rings is 1. The van der Waals surface area contributed by atoms with Gasteiger partial charge in [0, 0.05) is 12.2 Å². The van der Waals surface area contributed by atoms with Crippen molar-refractivity contribution >= 4 is 17.8 Å². The molecule has 0 bridgehead atoms. The standard InChI is InChI=1S/C13H15N3O4/c1-8-6-10(11(17)7-16(8)13(19)20)15-12(18)9-4-2-3-5-14-9/h2-5,8,10H,6-7H2,1H3,(H,15,18)(H,19,20). The number of carboxylic acid groups (broad SMARTS) is 1. The molecule has 20 heavy (non-hydrogen) atoms. The number of ketones is 1. The quantitative estimate of drug-likeness (QED) is 0.821. The fraction of sp³-hybridized carbons (Fsp3) is 0.385. The summed E-state index contributed by atoms with van der Waals surface area (Å²) >= 11 is 0. The number of rotatable bonds is 2. The van der Waals surface area contributed by atoms with Crippen molar-refractivity contribution in [1.29, 1.82) is 0 Å². The van der Waals surface area contributed by atoms with Gasteiger partial charge in [0.2, 0.25) is 0 Å². The molecule has 1 aliphatic heterocycles. The highest BCUT2D eigenvalue weighted by Gasteiger charge is 2.35. The van der Waals surface area contributed by atoms with Crippen molar-refractivity contribution in [3.05, 3.63) is 30.1 Å². The minimum Gasteiger partial charge on any atom is -0.465 e. The van der Waals surface area contributed by atoms with Gasteiger partial charge in [0.1, 0.15) is 5.69 Å². The Hall–Kier alpha value is -2.44. The highest BCUT2D eigenvalue weighted by atomic mass is 16.4. The third-order valence-electron chi connectivity index (χ3n) is 3.27. The first kappa shape index (κ1) is 14.0. The Bertz CT molecular complexity index is 532. The molecule has 0 saturated carbocycles. The van der Waals surface area contributed by atoms with Crippen molar-refractivity contribution in [1.82, 2.24) is 15.2 Å². The molecule has 106 valence electrons. The number of aromatic nitrogens is 1. The van der Waals surface area contributed by atoms with Crippen LogP contribution in [-0.2, 0) is 4.79 Å². The highest BCUT2D eigenvalue weighted by molar-refractivity contribution is 5.98. The van der Waals surface area contributed by atoms with Crippen LogP contribution in [0.5, 0.6) is 0 Å². The lowest BCUT2D eigenvalue weighted by molar-refractivity contribution is -0.125. The molecule has 0 aromatic carbocycles. The lowest BCUT2D eigenvalue weighted by Gasteiger charge is -2.34. The zero-order chi connectivity index (χ0) is 14.7. The van der Waals surface area contributed by atoms with Gasteiger partial charge in [-0.3, -0.25) is 19.5 Å². The van der Waals surface area contributed by atoms with E-state index in [1.807, 2.05) is 0 Å². The lowest BCUT2D eigenvalue weighted by atomic mass is 9.97. The van der Waals surface area contributed by atoms with E-state index >= 15 is 0 Å². The summed E-state index contributed by atoms with van der Waals surface area (Å²) in [6.07, 6.45) is 0.635. The van der Waals surface area contributed by atoms with Crippen molar-refractivity contribution in [3.63, 3.8) is 0 Å². The molecule has 1 aromatic rings. The summed E-state index contributed by atoms with van der Waals surface area (Å²) in [6.45, 7) is 1.50. The second kappa shape index (κ2) is 5.68. The van der Waals surface area contributed by atoms with E-state index in [4.69, 9.17) is 5.11 Å². The number of likely N-dealkylation sites (tertiary alicyclic amines) is 1. The second-order valence-electron chi connectivity index (χ2n) is 4.70. The first-order chi connectivity index (χ1) is 9.49. The number of pyridine rings is 1. The van der Waals surface area contributed by atoms with Crippen LogP contribution >= 0.6 is 0 Å². The van der Waals surface area contributed by atoms with Gasteiger partial charge < -0.3 is 10.4 Å². The third-order valence-corrected chi connectivity index (χ3v) is 3.27. The Morgan fingerprint density at radius 3 is 2.80 bits per heavy atom. The van der Waals surface area contributed by atoms with Crippen LogP contribution < -0.4 is 5.32 Å². The Labute approximate surface area is 115 Å². The molecule has 1 saturated heterocycles. The largest absolute Gasteiger partial charge is 0.465 e. The van der Waals surface area contributed by atoms with Gasteiger partial charge in [-0.25, -0.2) is 4.79 Å². The molecule has 1 aliphatic rings. The van der Waals surface area contributed by atoms with Crippen LogP contribution in [0.2, 0.25) is 0 Å². The SMILES string of the molecule is CC1CC(NC(=O)c2ccccn2)C(=O)CN1C(=O)O. The van der Waals surface area contributed by atoms with Crippen LogP contribution in [0, 0.1) is 0 Å². The molecule has 0 spiro atoms. The van der Waals surface area contributed by atoms with E-state index in [0.29, 0.717) is 0 Å². The summed E-state index contributed by atoms with van der Waals surface area (Å²) in [5.41, 5.74) is 0.230. The molecule has 2 heterocycles. The predicted molar refractivity (Wildman–Crippen MR) is 69.3 cm³/mol. The number of hydrogen-bond acceptors (Lipinski definition) is 4. The highest BCUT2D eigenvalue weighted by Crippen LogP contribution is 2.15. The van der Waals surface area contributed by atoms with E-state index in [-0.39, 0.29) is 30.5 Å². The van der Waals surface area contributed by atoms with Crippen molar-refractivity contribution in [3.8, 4) is 0 Å². The molecular weight excluding hydrogens is 262 g/mol. The lowest BCUT2D eigenvalue weighted by Crippen LogP contribution is -2.56. The van der Waals surface area contributed by atoms with Crippen molar-refractivity contribution in [2.45, 2.75) is 25.4 Å². The Morgan fingerprint density at radius 1 is 1.45 bits per heavy atom. The first-order valence-electron chi connectivity index (χ1n) is 6.23. The molecule has 2 unspecified atom stereocenters. The Balaban J connectivity index is 2.02. The predicted octanol–water partition coefficient (Wildman–Crippen LogP) is 0.521. The Kier molecular flexibility index (Phi) is 3.97. The number of carbonyl (C=O) groups excluding carboxylic acids is 2. The van der Waals surface area contributed by atoms with E-state index < -0.39 is 18.0 Å². The molecule has 2 rings (SSSR count). The van der Waals surface area contributed by atoms with Gasteiger partial charge >= 0.3 is 6.09 Å². The third kappa shape index (κ3) is 2.93. The molecule has 2 atom stereocenters. The molecule has 2 N–H and O–H groups in total. The molecule has 7 nitrogen and oxygen atoms in total. The molecule has 0 aliphatic carbocycles. The maximum absolute atomic E-state index is 11.9. The molecule has 0 radical (unpaired) electrons. The van der Waals surface area contributed by atoms with Crippen molar-refractivity contribution in [2.75, 3.05) is 6.54 Å². The second-order valence-corrected chi connectivity index (χ2v) is 4.70. The van der Waals surface area contributed by atoms with Gasteiger partial charge in [-0.15, -0.1) is 0 Å². The van der Waals surface area contributed by atoms with Crippen LogP contribution in [0.25, 0.3) is 0 Å². The fourth-order valence-electron chi connectivity index (χ4n) is 2.16. The number of amides is 2. The number of Topliss-reactive ketones (excluding diaryl/α,β-unsaturated/α-hetero) is 1. The summed E-state index contributed by atoms with van der Waals surface area (Å²) < 4.78 is 0. The number of nitrogens with one attached hydrogen (secondary N) is 1. The number of hydrogen-bond donors (Lipinski definition) is 2. The van der Waals surface area contributed by atoms with Gasteiger partial charge in [0.15, 0.2) is 5.78 Å². The van der Waals surface area contributed by atoms with E-state index in [1.54, 1.807) is 25.1 Å². The zero-order valence-electron chi connectivity index (χ0n) is 10.9. The number of carbonyl (C=O) groups is 3. The normalized spacial score (nSPS) is 22.4. The molecule has 1 aromatic heterocycles. The van der Waals surface area contributed by atoms with E-state index in [9.17, 15) is 14.4 Å². The van der Waals surface area contributed by atoms with Crippen LogP contribution in [0.1, 0.15) is 23.8 Å². The molecular formula is C13H15N3O4. The summed E-state index contributed by atoms with van der Waals surface area (Å²) in [4.78, 5) is 39.7. The average molecular weight is 277 g/mol.